The summed E-state index contributed by atoms with van der Waals surface area (Å²) in [5.74, 6) is 3.18. The third kappa shape index (κ3) is 3.44. The molecule has 1 rings (SSSR count). The molecule has 1 fully saturated rings. The van der Waals surface area contributed by atoms with E-state index < -0.39 is 0 Å². The van der Waals surface area contributed by atoms with Crippen molar-refractivity contribution >= 4 is 6.03 Å². The van der Waals surface area contributed by atoms with Crippen LogP contribution in [0.15, 0.2) is 0 Å². The minimum Gasteiger partial charge on any atom is -0.324 e. The Kier molecular flexibility index (Phi) is 5.18. The molecule has 1 aliphatic heterocycles. The summed E-state index contributed by atoms with van der Waals surface area (Å²) in [5, 5.41) is 0. The monoisotopic (exact) mass is 222 g/mol. The number of carbonyl (C=O) groups excluding carboxylic acids is 1. The molecule has 1 atom stereocenters. The van der Waals surface area contributed by atoms with Gasteiger partial charge < -0.3 is 9.80 Å². The second kappa shape index (κ2) is 6.42. The summed E-state index contributed by atoms with van der Waals surface area (Å²) in [6, 6.07) is 0.117. The van der Waals surface area contributed by atoms with E-state index in [1.54, 1.807) is 4.90 Å². The van der Waals surface area contributed by atoms with E-state index in [1.165, 1.54) is 6.42 Å². The van der Waals surface area contributed by atoms with Crippen LogP contribution in [0.25, 0.3) is 0 Å². The molecule has 16 heavy (non-hydrogen) atoms. The van der Waals surface area contributed by atoms with Crippen LogP contribution in [-0.2, 0) is 0 Å². The maximum Gasteiger partial charge on any atom is 0.320 e. The third-order valence-corrected chi connectivity index (χ3v) is 2.97. The Labute approximate surface area is 98.8 Å². The summed E-state index contributed by atoms with van der Waals surface area (Å²) in [5.41, 5.74) is 0. The molecule has 3 nitrogen and oxygen atoms in total. The lowest BCUT2D eigenvalue weighted by molar-refractivity contribution is 0.135. The van der Waals surface area contributed by atoms with Gasteiger partial charge in [-0.15, -0.1) is 6.42 Å². The molecule has 0 aromatic heterocycles. The van der Waals surface area contributed by atoms with Gasteiger partial charge in [0.1, 0.15) is 0 Å². The molecule has 0 bridgehead atoms. The van der Waals surface area contributed by atoms with Gasteiger partial charge in [0, 0.05) is 19.6 Å². The van der Waals surface area contributed by atoms with Crippen LogP contribution in [0.2, 0.25) is 0 Å². The van der Waals surface area contributed by atoms with Gasteiger partial charge in [0.2, 0.25) is 0 Å². The van der Waals surface area contributed by atoms with E-state index in [4.69, 9.17) is 6.42 Å². The first-order valence-electron chi connectivity index (χ1n) is 6.16. The number of hydrogen-bond acceptors (Lipinski definition) is 1. The molecule has 1 saturated heterocycles. The van der Waals surface area contributed by atoms with Crippen molar-refractivity contribution in [1.29, 1.82) is 0 Å². The maximum atomic E-state index is 12.2. The van der Waals surface area contributed by atoms with E-state index in [-0.39, 0.29) is 6.03 Å². The van der Waals surface area contributed by atoms with Crippen molar-refractivity contribution in [2.75, 3.05) is 26.2 Å². The highest BCUT2D eigenvalue weighted by molar-refractivity contribution is 5.74. The minimum absolute atomic E-state index is 0.117. The Balaban J connectivity index is 2.55. The molecular weight excluding hydrogens is 200 g/mol. The Morgan fingerprint density at radius 1 is 1.62 bits per heavy atom. The standard InChI is InChI=1S/C13H22N2O/c1-4-8-14(9-5-2)13(16)15-10-6-7-12(3)11-15/h1,12H,5-11H2,2-3H3. The fourth-order valence-electron chi connectivity index (χ4n) is 2.19. The number of amides is 2. The smallest absolute Gasteiger partial charge is 0.320 e. The molecule has 2 amide bonds. The predicted octanol–water partition coefficient (Wildman–Crippen LogP) is 2.18. The van der Waals surface area contributed by atoms with E-state index in [9.17, 15) is 4.79 Å². The van der Waals surface area contributed by atoms with E-state index in [1.807, 2.05) is 4.90 Å². The van der Waals surface area contributed by atoms with Crippen LogP contribution in [-0.4, -0.2) is 42.0 Å². The summed E-state index contributed by atoms with van der Waals surface area (Å²) in [6.07, 6.45) is 8.59. The lowest BCUT2D eigenvalue weighted by atomic mass is 10.0. The van der Waals surface area contributed by atoms with Crippen molar-refractivity contribution in [3.05, 3.63) is 0 Å². The van der Waals surface area contributed by atoms with Gasteiger partial charge in [0.25, 0.3) is 0 Å². The van der Waals surface area contributed by atoms with Crippen LogP contribution < -0.4 is 0 Å². The SMILES string of the molecule is C#CCN(CCC)C(=O)N1CCCC(C)C1. The fourth-order valence-corrected chi connectivity index (χ4v) is 2.19. The Morgan fingerprint density at radius 3 is 2.94 bits per heavy atom. The minimum atomic E-state index is 0.117. The molecule has 3 heteroatoms. The number of rotatable bonds is 3. The summed E-state index contributed by atoms with van der Waals surface area (Å²) in [6.45, 7) is 7.21. The molecule has 0 aromatic carbocycles. The average Bonchev–Trinajstić information content (AvgIpc) is 2.28. The molecule has 0 radical (unpaired) electrons. The van der Waals surface area contributed by atoms with E-state index in [0.717, 1.165) is 32.5 Å². The van der Waals surface area contributed by atoms with Crippen molar-refractivity contribution in [2.45, 2.75) is 33.1 Å². The number of hydrogen-bond donors (Lipinski definition) is 0. The van der Waals surface area contributed by atoms with Gasteiger partial charge in [-0.25, -0.2) is 4.79 Å². The normalized spacial score (nSPS) is 20.3. The molecule has 90 valence electrons. The number of carbonyl (C=O) groups is 1. The van der Waals surface area contributed by atoms with Gasteiger partial charge in [-0.1, -0.05) is 19.8 Å². The van der Waals surface area contributed by atoms with Crippen LogP contribution in [0.4, 0.5) is 4.79 Å². The molecule has 0 aromatic rings. The van der Waals surface area contributed by atoms with E-state index in [2.05, 4.69) is 19.8 Å². The van der Waals surface area contributed by atoms with Gasteiger partial charge in [0.05, 0.1) is 6.54 Å². The Morgan fingerprint density at radius 2 is 2.38 bits per heavy atom. The van der Waals surface area contributed by atoms with Gasteiger partial charge in [0.15, 0.2) is 0 Å². The lowest BCUT2D eigenvalue weighted by Crippen LogP contribution is -2.47. The number of piperidine rings is 1. The highest BCUT2D eigenvalue weighted by atomic mass is 16.2. The quantitative estimate of drug-likeness (QED) is 0.671. The summed E-state index contributed by atoms with van der Waals surface area (Å²) in [7, 11) is 0. The van der Waals surface area contributed by atoms with Crippen LogP contribution in [0.5, 0.6) is 0 Å². The van der Waals surface area contributed by atoms with Crippen molar-refractivity contribution in [2.24, 2.45) is 5.92 Å². The molecular formula is C13H22N2O. The lowest BCUT2D eigenvalue weighted by Gasteiger charge is -2.34. The number of terminal acetylenes is 1. The largest absolute Gasteiger partial charge is 0.324 e. The molecule has 0 saturated carbocycles. The Bertz CT molecular complexity index is 270. The summed E-state index contributed by atoms with van der Waals surface area (Å²) in [4.78, 5) is 15.9. The summed E-state index contributed by atoms with van der Waals surface area (Å²) < 4.78 is 0. The maximum absolute atomic E-state index is 12.2. The number of nitrogens with zero attached hydrogens (tertiary/aromatic N) is 2. The van der Waals surface area contributed by atoms with Crippen molar-refractivity contribution in [3.8, 4) is 12.3 Å². The molecule has 0 N–H and O–H groups in total. The predicted molar refractivity (Wildman–Crippen MR) is 66.1 cm³/mol. The van der Waals surface area contributed by atoms with Crippen molar-refractivity contribution < 1.29 is 4.79 Å². The molecule has 1 aliphatic rings. The van der Waals surface area contributed by atoms with Gasteiger partial charge in [-0.2, -0.15) is 0 Å². The van der Waals surface area contributed by atoms with E-state index >= 15 is 0 Å². The third-order valence-electron chi connectivity index (χ3n) is 2.97. The zero-order valence-corrected chi connectivity index (χ0v) is 10.4. The van der Waals surface area contributed by atoms with Crippen molar-refractivity contribution in [3.63, 3.8) is 0 Å². The molecule has 1 heterocycles. The first-order valence-corrected chi connectivity index (χ1v) is 6.16. The molecule has 0 aliphatic carbocycles. The van der Waals surface area contributed by atoms with Crippen LogP contribution in [0.1, 0.15) is 33.1 Å². The van der Waals surface area contributed by atoms with Crippen LogP contribution in [0.3, 0.4) is 0 Å². The highest BCUT2D eigenvalue weighted by Gasteiger charge is 2.24. The number of urea groups is 1. The first-order chi connectivity index (χ1) is 7.69. The van der Waals surface area contributed by atoms with Gasteiger partial charge in [-0.05, 0) is 25.2 Å². The topological polar surface area (TPSA) is 23.6 Å². The second-order valence-electron chi connectivity index (χ2n) is 4.60. The average molecular weight is 222 g/mol. The molecule has 1 unspecified atom stereocenters. The van der Waals surface area contributed by atoms with Crippen LogP contribution in [0, 0.1) is 18.3 Å². The highest BCUT2D eigenvalue weighted by Crippen LogP contribution is 2.16. The van der Waals surface area contributed by atoms with Gasteiger partial charge >= 0.3 is 6.03 Å². The first kappa shape index (κ1) is 12.9. The zero-order valence-electron chi connectivity index (χ0n) is 10.4. The van der Waals surface area contributed by atoms with Gasteiger partial charge in [-0.3, -0.25) is 0 Å². The van der Waals surface area contributed by atoms with E-state index in [0.29, 0.717) is 12.5 Å². The molecule has 0 spiro atoms. The second-order valence-corrected chi connectivity index (χ2v) is 4.60. The van der Waals surface area contributed by atoms with Crippen LogP contribution >= 0.6 is 0 Å². The fraction of sp³-hybridized carbons (Fsp3) is 0.769. The van der Waals surface area contributed by atoms with Crippen molar-refractivity contribution in [1.82, 2.24) is 9.80 Å². The summed E-state index contributed by atoms with van der Waals surface area (Å²) >= 11 is 0. The zero-order chi connectivity index (χ0) is 12.0. The Hall–Kier alpha value is -1.17. The number of likely N-dealkylation sites (tertiary alicyclic amines) is 1.